The zero-order chi connectivity index (χ0) is 15.4. The van der Waals surface area contributed by atoms with E-state index in [1.807, 2.05) is 6.92 Å². The number of nitrogens with one attached hydrogen (secondary N) is 2. The molecule has 21 heavy (non-hydrogen) atoms. The number of anilines is 2. The van der Waals surface area contributed by atoms with E-state index in [2.05, 4.69) is 31.5 Å². The predicted molar refractivity (Wildman–Crippen MR) is 82.7 cm³/mol. The maximum Gasteiger partial charge on any atom is 0.337 e. The van der Waals surface area contributed by atoms with Crippen LogP contribution in [-0.4, -0.2) is 22.1 Å². The number of aryl methyl sites for hydroxylation is 1. The van der Waals surface area contributed by atoms with Crippen molar-refractivity contribution in [2.75, 3.05) is 10.6 Å². The number of nitrogens with zero attached hydrogens (tertiary/aromatic N) is 1. The van der Waals surface area contributed by atoms with Crippen molar-refractivity contribution >= 4 is 39.3 Å². The highest BCUT2D eigenvalue weighted by molar-refractivity contribution is 9.10. The predicted octanol–water partition coefficient (Wildman–Crippen LogP) is 3.49. The SMILES string of the molecule is Cc1cncc(NC(=O)Nc2cc(Br)ccc2C(=O)O)c1. The minimum atomic E-state index is -1.12. The number of amides is 2. The van der Waals surface area contributed by atoms with Crippen LogP contribution in [-0.2, 0) is 0 Å². The molecule has 0 saturated heterocycles. The molecular weight excluding hydrogens is 338 g/mol. The number of hydrogen-bond acceptors (Lipinski definition) is 3. The Bertz CT molecular complexity index is 704. The van der Waals surface area contributed by atoms with Gasteiger partial charge in [-0.2, -0.15) is 0 Å². The van der Waals surface area contributed by atoms with Crippen molar-refractivity contribution in [3.8, 4) is 0 Å². The van der Waals surface area contributed by atoms with Crippen LogP contribution in [0.1, 0.15) is 15.9 Å². The molecule has 3 N–H and O–H groups in total. The average molecular weight is 350 g/mol. The van der Waals surface area contributed by atoms with E-state index in [0.29, 0.717) is 10.2 Å². The van der Waals surface area contributed by atoms with Crippen LogP contribution in [0, 0.1) is 6.92 Å². The van der Waals surface area contributed by atoms with Crippen LogP contribution in [0.3, 0.4) is 0 Å². The molecule has 2 rings (SSSR count). The summed E-state index contributed by atoms with van der Waals surface area (Å²) in [5.74, 6) is -1.12. The summed E-state index contributed by atoms with van der Waals surface area (Å²) < 4.78 is 0.667. The quantitative estimate of drug-likeness (QED) is 0.790. The van der Waals surface area contributed by atoms with Crippen LogP contribution in [0.15, 0.2) is 41.1 Å². The molecule has 0 aliphatic carbocycles. The summed E-state index contributed by atoms with van der Waals surface area (Å²) in [4.78, 5) is 27.0. The number of carbonyl (C=O) groups is 2. The maximum absolute atomic E-state index is 11.9. The fraction of sp³-hybridized carbons (Fsp3) is 0.0714. The summed E-state index contributed by atoms with van der Waals surface area (Å²) in [6.45, 7) is 1.85. The van der Waals surface area contributed by atoms with Gasteiger partial charge in [-0.05, 0) is 36.8 Å². The standard InChI is InChI=1S/C14H12BrN3O3/c1-8-4-10(7-16-6-8)17-14(21)18-12-5-9(15)2-3-11(12)13(19)20/h2-7H,1H3,(H,19,20)(H2,17,18,21). The van der Waals surface area contributed by atoms with E-state index in [9.17, 15) is 9.59 Å². The third-order valence-electron chi connectivity index (χ3n) is 2.59. The normalized spacial score (nSPS) is 10.0. The molecule has 108 valence electrons. The smallest absolute Gasteiger partial charge is 0.337 e. The molecule has 0 aliphatic heterocycles. The number of benzene rings is 1. The number of carbonyl (C=O) groups excluding carboxylic acids is 1. The van der Waals surface area contributed by atoms with Crippen LogP contribution in [0.25, 0.3) is 0 Å². The van der Waals surface area contributed by atoms with Crippen molar-refractivity contribution in [2.45, 2.75) is 6.92 Å². The lowest BCUT2D eigenvalue weighted by Crippen LogP contribution is -2.21. The van der Waals surface area contributed by atoms with Crippen LogP contribution >= 0.6 is 15.9 Å². The summed E-state index contributed by atoms with van der Waals surface area (Å²) in [5.41, 5.74) is 1.64. The van der Waals surface area contributed by atoms with Gasteiger partial charge < -0.3 is 15.7 Å². The Kier molecular flexibility index (Phi) is 4.54. The molecule has 1 aromatic heterocycles. The van der Waals surface area contributed by atoms with E-state index < -0.39 is 12.0 Å². The second-order valence-corrected chi connectivity index (χ2v) is 5.24. The Morgan fingerprint density at radius 2 is 1.95 bits per heavy atom. The van der Waals surface area contributed by atoms with Gasteiger partial charge in [0.05, 0.1) is 23.1 Å². The molecule has 0 fully saturated rings. The van der Waals surface area contributed by atoms with E-state index in [0.717, 1.165) is 5.56 Å². The first-order chi connectivity index (χ1) is 9.95. The lowest BCUT2D eigenvalue weighted by molar-refractivity contribution is 0.0698. The van der Waals surface area contributed by atoms with Gasteiger partial charge in [-0.15, -0.1) is 0 Å². The lowest BCUT2D eigenvalue weighted by atomic mass is 10.2. The number of carboxylic acids is 1. The van der Waals surface area contributed by atoms with Gasteiger partial charge in [0.25, 0.3) is 0 Å². The Morgan fingerprint density at radius 3 is 2.62 bits per heavy atom. The Labute approximate surface area is 129 Å². The summed E-state index contributed by atoms with van der Waals surface area (Å²) in [5, 5.41) is 14.2. The molecule has 0 bridgehead atoms. The molecular formula is C14H12BrN3O3. The van der Waals surface area contributed by atoms with Gasteiger partial charge in [0, 0.05) is 10.7 Å². The van der Waals surface area contributed by atoms with Crippen LogP contribution < -0.4 is 10.6 Å². The molecule has 0 radical (unpaired) electrons. The highest BCUT2D eigenvalue weighted by atomic mass is 79.9. The highest BCUT2D eigenvalue weighted by Crippen LogP contribution is 2.22. The zero-order valence-electron chi connectivity index (χ0n) is 11.1. The third kappa shape index (κ3) is 4.03. The number of urea groups is 1. The van der Waals surface area contributed by atoms with Gasteiger partial charge in [-0.1, -0.05) is 15.9 Å². The maximum atomic E-state index is 11.9. The Morgan fingerprint density at radius 1 is 1.19 bits per heavy atom. The van der Waals surface area contributed by atoms with E-state index in [4.69, 9.17) is 5.11 Å². The van der Waals surface area contributed by atoms with Gasteiger partial charge >= 0.3 is 12.0 Å². The van der Waals surface area contributed by atoms with Crippen molar-refractivity contribution < 1.29 is 14.7 Å². The minimum absolute atomic E-state index is 0.00992. The number of aromatic nitrogens is 1. The molecule has 6 nitrogen and oxygen atoms in total. The largest absolute Gasteiger partial charge is 0.478 e. The molecule has 0 aliphatic rings. The summed E-state index contributed by atoms with van der Waals surface area (Å²) in [6.07, 6.45) is 3.17. The average Bonchev–Trinajstić information content (AvgIpc) is 2.38. The summed E-state index contributed by atoms with van der Waals surface area (Å²) >= 11 is 3.24. The van der Waals surface area contributed by atoms with Crippen molar-refractivity contribution in [3.05, 3.63) is 52.3 Å². The number of hydrogen-bond donors (Lipinski definition) is 3. The number of pyridine rings is 1. The van der Waals surface area contributed by atoms with Crippen LogP contribution in [0.5, 0.6) is 0 Å². The van der Waals surface area contributed by atoms with E-state index in [-0.39, 0.29) is 11.3 Å². The van der Waals surface area contributed by atoms with Crippen molar-refractivity contribution in [3.63, 3.8) is 0 Å². The molecule has 7 heteroatoms. The van der Waals surface area contributed by atoms with Crippen LogP contribution in [0.4, 0.5) is 16.2 Å². The molecule has 0 atom stereocenters. The lowest BCUT2D eigenvalue weighted by Gasteiger charge is -2.10. The third-order valence-corrected chi connectivity index (χ3v) is 3.09. The van der Waals surface area contributed by atoms with E-state index in [1.54, 1.807) is 18.3 Å². The second-order valence-electron chi connectivity index (χ2n) is 4.33. The minimum Gasteiger partial charge on any atom is -0.478 e. The number of halogens is 1. The molecule has 1 heterocycles. The monoisotopic (exact) mass is 349 g/mol. The topological polar surface area (TPSA) is 91.3 Å². The number of carboxylic acid groups (broad SMARTS) is 1. The zero-order valence-corrected chi connectivity index (χ0v) is 12.6. The number of aromatic carboxylic acids is 1. The first-order valence-electron chi connectivity index (χ1n) is 5.98. The fourth-order valence-electron chi connectivity index (χ4n) is 1.71. The molecule has 2 aromatic rings. The van der Waals surface area contributed by atoms with Gasteiger partial charge in [0.1, 0.15) is 0 Å². The van der Waals surface area contributed by atoms with E-state index >= 15 is 0 Å². The van der Waals surface area contributed by atoms with E-state index in [1.165, 1.54) is 18.3 Å². The number of rotatable bonds is 3. The van der Waals surface area contributed by atoms with Gasteiger partial charge in [-0.3, -0.25) is 4.98 Å². The van der Waals surface area contributed by atoms with Gasteiger partial charge in [-0.25, -0.2) is 9.59 Å². The first kappa shape index (κ1) is 15.0. The van der Waals surface area contributed by atoms with Gasteiger partial charge in [0.2, 0.25) is 0 Å². The molecule has 0 unspecified atom stereocenters. The fourth-order valence-corrected chi connectivity index (χ4v) is 2.08. The molecule has 1 aromatic carbocycles. The molecule has 0 saturated carbocycles. The van der Waals surface area contributed by atoms with Crippen molar-refractivity contribution in [1.29, 1.82) is 0 Å². The highest BCUT2D eigenvalue weighted by Gasteiger charge is 2.13. The van der Waals surface area contributed by atoms with Crippen molar-refractivity contribution in [1.82, 2.24) is 4.98 Å². The summed E-state index contributed by atoms with van der Waals surface area (Å²) in [6, 6.07) is 5.75. The summed E-state index contributed by atoms with van der Waals surface area (Å²) in [7, 11) is 0. The second kappa shape index (κ2) is 6.36. The van der Waals surface area contributed by atoms with Crippen LogP contribution in [0.2, 0.25) is 0 Å². The Hall–Kier alpha value is -2.41. The molecule has 2 amide bonds. The van der Waals surface area contributed by atoms with Gasteiger partial charge in [0.15, 0.2) is 0 Å². The Balaban J connectivity index is 2.16. The molecule has 0 spiro atoms. The van der Waals surface area contributed by atoms with Crippen molar-refractivity contribution in [2.24, 2.45) is 0 Å². The first-order valence-corrected chi connectivity index (χ1v) is 6.77.